The lowest BCUT2D eigenvalue weighted by Crippen LogP contribution is -2.36. The molecule has 9 rings (SSSR count). The SMILES string of the molecule is CC(C)C(=O)CC(c1ccccc1)c1ccccc1.CC(C)C(=O)CC1NC(=O)NC1=O.CC(C)C(=O)CN1C(=O)c2ccccc2C1=O.CC(C)C(=O)Cc1ccc2c(c1)OCO2.CC(C)C(=O)c1ccc(S(N)(=O)=O)cc1.CC(C)S(=O)(=O)c1ccccc1. The summed E-state index contributed by atoms with van der Waals surface area (Å²) in [6, 6.07) is 45.8. The van der Waals surface area contributed by atoms with Crippen molar-refractivity contribution in [1.82, 2.24) is 15.5 Å². The molecule has 4 N–H and O–H groups in total. The Bertz CT molecular complexity index is 3650. The van der Waals surface area contributed by atoms with Crippen LogP contribution in [0.1, 0.15) is 150 Å². The third kappa shape index (κ3) is 22.9. The van der Waals surface area contributed by atoms with Gasteiger partial charge in [0.2, 0.25) is 16.8 Å². The maximum absolute atomic E-state index is 12.1. The first kappa shape index (κ1) is 74.7. The van der Waals surface area contributed by atoms with Gasteiger partial charge in [-0.2, -0.15) is 0 Å². The zero-order valence-corrected chi connectivity index (χ0v) is 55.3. The molecule has 1 unspecified atom stereocenters. The minimum absolute atomic E-state index is 0.0165. The monoisotopic (exact) mass is 1280 g/mol. The molecule has 6 aromatic rings. The number of nitrogens with one attached hydrogen (secondary N) is 2. The molecule has 0 spiro atoms. The molecule has 6 aromatic carbocycles. The Kier molecular flexibility index (Phi) is 28.7. The van der Waals surface area contributed by atoms with Gasteiger partial charge < -0.3 is 14.8 Å². The predicted octanol–water partition coefficient (Wildman–Crippen LogP) is 11.0. The fraction of sp³-hybridized carbons (Fsp3) is 0.357. The number of nitrogens with zero attached hydrogens (tertiary/aromatic N) is 1. The first-order valence-corrected chi connectivity index (χ1v) is 33.0. The molecule has 19 nitrogen and oxygen atoms in total. The van der Waals surface area contributed by atoms with Crippen molar-refractivity contribution in [3.63, 3.8) is 0 Å². The maximum Gasteiger partial charge on any atom is 0.322 e. The molecule has 3 aliphatic heterocycles. The number of urea groups is 1. The van der Waals surface area contributed by atoms with Crippen molar-refractivity contribution in [2.24, 2.45) is 34.7 Å². The number of fused-ring (bicyclic) bond motifs is 2. The zero-order chi connectivity index (χ0) is 67.9. The van der Waals surface area contributed by atoms with Gasteiger partial charge in [-0.1, -0.05) is 178 Å². The van der Waals surface area contributed by atoms with Gasteiger partial charge in [-0.3, -0.25) is 48.6 Å². The Labute approximate surface area is 534 Å². The number of Topliss-reactive ketones (excluding diaryl/α,β-unsaturated/α-hetero) is 5. The van der Waals surface area contributed by atoms with E-state index in [4.69, 9.17) is 14.6 Å². The average molecular weight is 1290 g/mol. The number of primary sulfonamides is 1. The molecule has 91 heavy (non-hydrogen) atoms. The minimum atomic E-state index is -3.68. The van der Waals surface area contributed by atoms with Crippen molar-refractivity contribution in [2.75, 3.05) is 13.3 Å². The fourth-order valence-corrected chi connectivity index (χ4v) is 10.1. The van der Waals surface area contributed by atoms with Crippen LogP contribution in [0.4, 0.5) is 4.79 Å². The van der Waals surface area contributed by atoms with Crippen molar-refractivity contribution in [2.45, 2.75) is 129 Å². The maximum atomic E-state index is 12.1. The van der Waals surface area contributed by atoms with Crippen LogP contribution in [0, 0.1) is 29.6 Å². The lowest BCUT2D eigenvalue weighted by Gasteiger charge is -2.18. The molecular formula is C70H84N4O15S2. The van der Waals surface area contributed by atoms with E-state index in [1.54, 1.807) is 110 Å². The summed E-state index contributed by atoms with van der Waals surface area (Å²) < 4.78 is 55.4. The van der Waals surface area contributed by atoms with E-state index < -0.39 is 37.8 Å². The molecule has 1 saturated heterocycles. The van der Waals surface area contributed by atoms with Gasteiger partial charge in [-0.15, -0.1) is 0 Å². The van der Waals surface area contributed by atoms with Gasteiger partial charge in [0.1, 0.15) is 23.4 Å². The van der Waals surface area contributed by atoms with E-state index in [0.717, 1.165) is 22.0 Å². The topological polar surface area (TPSA) is 294 Å². The number of nitrogens with two attached hydrogens (primary N) is 1. The standard InChI is InChI=1S/C18H20O.C13H13NO3.C12H14O3.C10H13NO3S.C9H12O2S.C8H12N2O3/c1-14(2)18(19)13-17(15-9-5-3-6-10-15)16-11-7-4-8-12-16;1-8(2)11(15)7-14-12(16)9-5-3-4-6-10(9)13(14)17;1-8(2)10(13)5-9-3-4-11-12(6-9)15-7-14-11;1-7(2)10(12)8-3-5-9(6-4-8)15(11,13)14;1-8(2)12(10,11)9-6-4-3-5-7-9;1-4(2)6(11)3-5-7(12)10-8(13)9-5/h3-12,14,17H,13H2,1-2H3;3-6,8H,7H2,1-2H3;3-4,6,8H,5,7H2,1-2H3;3-7H,1-2H3,(H2,11,13,14);3-8H,1-2H3;4-5H,3H2,1-2H3,(H2,9,10,12,13). The molecular weight excluding hydrogens is 1200 g/mol. The summed E-state index contributed by atoms with van der Waals surface area (Å²) in [5, 5.41) is 9.02. The molecule has 0 aliphatic carbocycles. The largest absolute Gasteiger partial charge is 0.454 e. The van der Waals surface area contributed by atoms with Gasteiger partial charge in [0, 0.05) is 60.3 Å². The fourth-order valence-electron chi connectivity index (χ4n) is 8.48. The highest BCUT2D eigenvalue weighted by atomic mass is 32.2. The normalized spacial score (nSPS) is 13.8. The summed E-state index contributed by atoms with van der Waals surface area (Å²) in [5.74, 6) is 0.681. The van der Waals surface area contributed by atoms with Crippen molar-refractivity contribution in [3.05, 3.63) is 191 Å². The molecule has 1 atom stereocenters. The molecule has 3 aliphatic rings. The van der Waals surface area contributed by atoms with E-state index in [2.05, 4.69) is 34.9 Å². The highest BCUT2D eigenvalue weighted by Gasteiger charge is 2.36. The molecule has 1 fully saturated rings. The van der Waals surface area contributed by atoms with Gasteiger partial charge in [-0.25, -0.2) is 26.8 Å². The molecule has 21 heteroatoms. The number of imide groups is 2. The van der Waals surface area contributed by atoms with Crippen LogP contribution in [-0.4, -0.2) is 99.0 Å². The molecule has 3 heterocycles. The smallest absolute Gasteiger partial charge is 0.322 e. The second-order valence-electron chi connectivity index (χ2n) is 23.4. The third-order valence-electron chi connectivity index (χ3n) is 14.3. The predicted molar refractivity (Wildman–Crippen MR) is 348 cm³/mol. The zero-order valence-electron chi connectivity index (χ0n) is 53.6. The molecule has 0 saturated carbocycles. The molecule has 0 radical (unpaired) electrons. The van der Waals surface area contributed by atoms with Gasteiger partial charge in [0.05, 0.1) is 32.7 Å². The van der Waals surface area contributed by atoms with Crippen LogP contribution in [-0.2, 0) is 50.3 Å². The third-order valence-corrected chi connectivity index (χ3v) is 17.4. The van der Waals surface area contributed by atoms with Crippen LogP contribution in [0.3, 0.4) is 0 Å². The molecule has 486 valence electrons. The van der Waals surface area contributed by atoms with Gasteiger partial charge in [0.15, 0.2) is 32.9 Å². The molecule has 0 aromatic heterocycles. The van der Waals surface area contributed by atoms with E-state index in [1.165, 1.54) is 35.4 Å². The lowest BCUT2D eigenvalue weighted by molar-refractivity contribution is -0.126. The van der Waals surface area contributed by atoms with Crippen LogP contribution in [0.25, 0.3) is 0 Å². The second-order valence-corrected chi connectivity index (χ2v) is 27.4. The van der Waals surface area contributed by atoms with Crippen molar-refractivity contribution < 1.29 is 69.5 Å². The summed E-state index contributed by atoms with van der Waals surface area (Å²) >= 11 is 0. The highest BCUT2D eigenvalue weighted by molar-refractivity contribution is 7.92. The van der Waals surface area contributed by atoms with Crippen molar-refractivity contribution in [3.8, 4) is 11.5 Å². The number of carbonyl (C=O) groups excluding carboxylic acids is 9. The highest BCUT2D eigenvalue weighted by Crippen LogP contribution is 2.33. The Morgan fingerprint density at radius 2 is 0.989 bits per heavy atom. The van der Waals surface area contributed by atoms with E-state index >= 15 is 0 Å². The van der Waals surface area contributed by atoms with E-state index in [9.17, 15) is 60.0 Å². The minimum Gasteiger partial charge on any atom is -0.454 e. The number of carbonyl (C=O) groups is 9. The Morgan fingerprint density at radius 3 is 1.42 bits per heavy atom. The van der Waals surface area contributed by atoms with Crippen LogP contribution in [0.2, 0.25) is 0 Å². The Balaban J connectivity index is 0.000000235. The summed E-state index contributed by atoms with van der Waals surface area (Å²) in [6.45, 7) is 21.9. The first-order valence-electron chi connectivity index (χ1n) is 29.9. The summed E-state index contributed by atoms with van der Waals surface area (Å²) in [6.07, 6.45) is 1.12. The van der Waals surface area contributed by atoms with Crippen LogP contribution in [0.15, 0.2) is 168 Å². The van der Waals surface area contributed by atoms with Crippen LogP contribution in [0.5, 0.6) is 11.5 Å². The summed E-state index contributed by atoms with van der Waals surface area (Å²) in [4.78, 5) is 105. The second kappa shape index (κ2) is 35.0. The number of rotatable bonds is 19. The Morgan fingerprint density at radius 1 is 0.527 bits per heavy atom. The number of hydrogen-bond acceptors (Lipinski definition) is 15. The quantitative estimate of drug-likeness (QED) is 0.0386. The molecule has 5 amide bonds. The van der Waals surface area contributed by atoms with Gasteiger partial charge in [-0.05, 0) is 79.1 Å². The van der Waals surface area contributed by atoms with Crippen molar-refractivity contribution in [1.29, 1.82) is 0 Å². The lowest BCUT2D eigenvalue weighted by atomic mass is 9.85. The van der Waals surface area contributed by atoms with Gasteiger partial charge in [0.25, 0.3) is 17.7 Å². The number of benzene rings is 6. The first-order chi connectivity index (χ1) is 42.7. The summed E-state index contributed by atoms with van der Waals surface area (Å²) in [7, 11) is -6.75. The Hall–Kier alpha value is -8.79. The van der Waals surface area contributed by atoms with Gasteiger partial charge >= 0.3 is 6.03 Å². The summed E-state index contributed by atoms with van der Waals surface area (Å²) in [5.41, 5.74) is 4.67. The van der Waals surface area contributed by atoms with Crippen LogP contribution < -0.4 is 25.2 Å². The number of ketones is 5. The van der Waals surface area contributed by atoms with E-state index in [1.807, 2.05) is 82.3 Å². The number of amides is 5. The van der Waals surface area contributed by atoms with Crippen molar-refractivity contribution >= 4 is 72.5 Å². The molecule has 0 bridgehead atoms. The number of sulfonamides is 1. The van der Waals surface area contributed by atoms with Crippen LogP contribution >= 0.6 is 0 Å². The van der Waals surface area contributed by atoms with E-state index in [0.29, 0.717) is 40.2 Å². The van der Waals surface area contributed by atoms with E-state index in [-0.39, 0.29) is 100 Å². The number of ether oxygens (including phenoxy) is 2. The number of sulfone groups is 1. The average Bonchev–Trinajstić information content (AvgIpc) is 1.77. The number of hydrogen-bond donors (Lipinski definition) is 3.